The summed E-state index contributed by atoms with van der Waals surface area (Å²) in [7, 11) is 1.57. The third-order valence-electron chi connectivity index (χ3n) is 4.67. The minimum Gasteiger partial charge on any atom is -0.497 e. The molecule has 6 nitrogen and oxygen atoms in total. The van der Waals surface area contributed by atoms with Crippen molar-refractivity contribution in [3.8, 4) is 11.8 Å². The molecule has 0 fully saturated rings. The van der Waals surface area contributed by atoms with Crippen molar-refractivity contribution in [2.45, 2.75) is 32.6 Å². The number of benzene rings is 1. The van der Waals surface area contributed by atoms with Crippen molar-refractivity contribution in [1.29, 1.82) is 5.26 Å². The smallest absolute Gasteiger partial charge is 0.341 e. The Hall–Kier alpha value is -3.11. The number of hydrogen-bond donors (Lipinski definition) is 1. The molecular weight excluding hydrogens is 388 g/mol. The average Bonchev–Trinajstić information content (AvgIpc) is 3.10. The molecule has 1 heterocycles. The molecule has 1 amide bonds. The van der Waals surface area contributed by atoms with E-state index in [4.69, 9.17) is 9.47 Å². The van der Waals surface area contributed by atoms with Gasteiger partial charge in [0.25, 0.3) is 5.91 Å². The molecule has 0 spiro atoms. The van der Waals surface area contributed by atoms with Crippen molar-refractivity contribution in [1.82, 2.24) is 0 Å². The Morgan fingerprint density at radius 3 is 2.62 bits per heavy atom. The molecule has 0 aliphatic heterocycles. The number of anilines is 1. The van der Waals surface area contributed by atoms with E-state index in [1.807, 2.05) is 6.07 Å². The fourth-order valence-corrected chi connectivity index (χ4v) is 4.53. The second-order valence-corrected chi connectivity index (χ2v) is 7.64. The summed E-state index contributed by atoms with van der Waals surface area (Å²) < 4.78 is 10.3. The highest BCUT2D eigenvalue weighted by molar-refractivity contribution is 7.17. The highest BCUT2D eigenvalue weighted by atomic mass is 32.1. The van der Waals surface area contributed by atoms with Gasteiger partial charge in [0.05, 0.1) is 19.3 Å². The monoisotopic (exact) mass is 410 g/mol. The average molecular weight is 410 g/mol. The first-order chi connectivity index (χ1) is 14.1. The zero-order chi connectivity index (χ0) is 20.8. The molecule has 0 bridgehead atoms. The van der Waals surface area contributed by atoms with Crippen LogP contribution in [0.4, 0.5) is 5.00 Å². The zero-order valence-electron chi connectivity index (χ0n) is 16.4. The summed E-state index contributed by atoms with van der Waals surface area (Å²) in [5.41, 5.74) is 2.05. The maximum absolute atomic E-state index is 12.7. The number of nitrogens with one attached hydrogen (secondary N) is 1. The first-order valence-electron chi connectivity index (χ1n) is 9.46. The van der Waals surface area contributed by atoms with Gasteiger partial charge in [0.1, 0.15) is 22.4 Å². The summed E-state index contributed by atoms with van der Waals surface area (Å²) in [6.07, 6.45) is 5.25. The van der Waals surface area contributed by atoms with E-state index in [1.54, 1.807) is 38.3 Å². The largest absolute Gasteiger partial charge is 0.497 e. The number of nitrogens with zero attached hydrogens (tertiary/aromatic N) is 1. The van der Waals surface area contributed by atoms with Crippen LogP contribution in [0.5, 0.6) is 5.75 Å². The molecular formula is C22H22N2O4S. The van der Waals surface area contributed by atoms with Gasteiger partial charge in [-0.05, 0) is 61.9 Å². The lowest BCUT2D eigenvalue weighted by Crippen LogP contribution is -2.16. The Labute approximate surface area is 173 Å². The van der Waals surface area contributed by atoms with E-state index in [0.717, 1.165) is 36.1 Å². The molecule has 150 valence electrons. The van der Waals surface area contributed by atoms with E-state index in [2.05, 4.69) is 5.32 Å². The van der Waals surface area contributed by atoms with Crippen LogP contribution < -0.4 is 10.1 Å². The van der Waals surface area contributed by atoms with Crippen LogP contribution in [-0.2, 0) is 22.4 Å². The van der Waals surface area contributed by atoms with Gasteiger partial charge in [0.2, 0.25) is 0 Å². The van der Waals surface area contributed by atoms with Crippen molar-refractivity contribution >= 4 is 34.3 Å². The van der Waals surface area contributed by atoms with E-state index in [-0.39, 0.29) is 12.2 Å². The molecule has 1 aromatic heterocycles. The molecule has 3 rings (SSSR count). The van der Waals surface area contributed by atoms with E-state index < -0.39 is 11.9 Å². The summed E-state index contributed by atoms with van der Waals surface area (Å²) >= 11 is 1.40. The predicted octanol–water partition coefficient (Wildman–Crippen LogP) is 4.36. The highest BCUT2D eigenvalue weighted by Gasteiger charge is 2.27. The maximum Gasteiger partial charge on any atom is 0.341 e. The maximum atomic E-state index is 12.7. The van der Waals surface area contributed by atoms with Crippen LogP contribution in [0.25, 0.3) is 6.08 Å². The fourth-order valence-electron chi connectivity index (χ4n) is 3.26. The lowest BCUT2D eigenvalue weighted by atomic mass is 9.95. The van der Waals surface area contributed by atoms with Crippen molar-refractivity contribution < 1.29 is 19.1 Å². The molecule has 7 heteroatoms. The molecule has 0 saturated carbocycles. The van der Waals surface area contributed by atoms with Crippen LogP contribution in [0, 0.1) is 11.3 Å². The van der Waals surface area contributed by atoms with Gasteiger partial charge in [0.15, 0.2) is 0 Å². The van der Waals surface area contributed by atoms with Gasteiger partial charge in [0, 0.05) is 4.88 Å². The Balaban J connectivity index is 1.88. The number of esters is 1. The number of methoxy groups -OCH3 is 1. The normalized spacial score (nSPS) is 13.2. The van der Waals surface area contributed by atoms with Gasteiger partial charge >= 0.3 is 5.97 Å². The van der Waals surface area contributed by atoms with Crippen molar-refractivity contribution in [3.63, 3.8) is 0 Å². The SMILES string of the molecule is CCOC(=O)c1c(NC(=O)C(C#N)=Cc2ccc(OC)cc2)sc2c1CCCC2. The summed E-state index contributed by atoms with van der Waals surface area (Å²) in [5, 5.41) is 12.7. The summed E-state index contributed by atoms with van der Waals surface area (Å²) in [6.45, 7) is 2.01. The van der Waals surface area contributed by atoms with Crippen LogP contribution in [0.3, 0.4) is 0 Å². The van der Waals surface area contributed by atoms with Crippen LogP contribution in [-0.4, -0.2) is 25.6 Å². The minimum absolute atomic E-state index is 0.0450. The summed E-state index contributed by atoms with van der Waals surface area (Å²) in [4.78, 5) is 26.4. The number of ether oxygens (including phenoxy) is 2. The van der Waals surface area contributed by atoms with E-state index in [9.17, 15) is 14.9 Å². The molecule has 0 unspecified atom stereocenters. The number of thiophene rings is 1. The van der Waals surface area contributed by atoms with Crippen molar-refractivity contribution in [2.75, 3.05) is 19.0 Å². The molecule has 1 aromatic carbocycles. The second kappa shape index (κ2) is 9.39. The fraction of sp³-hybridized carbons (Fsp3) is 0.318. The van der Waals surface area contributed by atoms with Gasteiger partial charge in [-0.15, -0.1) is 11.3 Å². The Morgan fingerprint density at radius 1 is 1.24 bits per heavy atom. The second-order valence-electron chi connectivity index (χ2n) is 6.53. The predicted molar refractivity (Wildman–Crippen MR) is 112 cm³/mol. The molecule has 0 radical (unpaired) electrons. The van der Waals surface area contributed by atoms with Crippen molar-refractivity contribution in [3.05, 3.63) is 51.4 Å². The number of nitriles is 1. The third kappa shape index (κ3) is 4.66. The number of amides is 1. The zero-order valence-corrected chi connectivity index (χ0v) is 17.2. The number of rotatable bonds is 6. The van der Waals surface area contributed by atoms with Gasteiger partial charge in [-0.25, -0.2) is 4.79 Å². The summed E-state index contributed by atoms with van der Waals surface area (Å²) in [6, 6.07) is 8.97. The van der Waals surface area contributed by atoms with Crippen molar-refractivity contribution in [2.24, 2.45) is 0 Å². The Bertz CT molecular complexity index is 983. The molecule has 1 aliphatic carbocycles. The quantitative estimate of drug-likeness (QED) is 0.434. The van der Waals surface area contributed by atoms with Gasteiger partial charge in [-0.2, -0.15) is 5.26 Å². The first kappa shape index (κ1) is 20.6. The molecule has 0 saturated heterocycles. The Morgan fingerprint density at radius 2 is 1.97 bits per heavy atom. The standard InChI is InChI=1S/C22H22N2O4S/c1-3-28-22(26)19-17-6-4-5-7-18(17)29-21(19)24-20(25)15(13-23)12-14-8-10-16(27-2)11-9-14/h8-12H,3-7H2,1-2H3,(H,24,25). The lowest BCUT2D eigenvalue weighted by molar-refractivity contribution is -0.112. The van der Waals surface area contributed by atoms with Crippen LogP contribution >= 0.6 is 11.3 Å². The first-order valence-corrected chi connectivity index (χ1v) is 10.3. The van der Waals surface area contributed by atoms with Crippen LogP contribution in [0.1, 0.15) is 46.1 Å². The van der Waals surface area contributed by atoms with E-state index in [0.29, 0.717) is 21.9 Å². The number of carbonyl (C=O) groups excluding carboxylic acids is 2. The third-order valence-corrected chi connectivity index (χ3v) is 5.88. The molecule has 2 aromatic rings. The Kier molecular flexibility index (Phi) is 6.68. The number of carbonyl (C=O) groups is 2. The number of aryl methyl sites for hydroxylation is 1. The van der Waals surface area contributed by atoms with Gasteiger partial charge in [-0.1, -0.05) is 12.1 Å². The summed E-state index contributed by atoms with van der Waals surface area (Å²) in [5.74, 6) is -0.291. The van der Waals surface area contributed by atoms with Gasteiger partial charge < -0.3 is 14.8 Å². The van der Waals surface area contributed by atoms with Gasteiger partial charge in [-0.3, -0.25) is 4.79 Å². The lowest BCUT2D eigenvalue weighted by Gasteiger charge is -2.12. The highest BCUT2D eigenvalue weighted by Crippen LogP contribution is 2.38. The van der Waals surface area contributed by atoms with E-state index >= 15 is 0 Å². The van der Waals surface area contributed by atoms with E-state index in [1.165, 1.54) is 17.4 Å². The molecule has 1 N–H and O–H groups in total. The topological polar surface area (TPSA) is 88.4 Å². The number of hydrogen-bond acceptors (Lipinski definition) is 6. The number of fused-ring (bicyclic) bond motifs is 1. The molecule has 29 heavy (non-hydrogen) atoms. The van der Waals surface area contributed by atoms with Crippen LogP contribution in [0.15, 0.2) is 29.8 Å². The minimum atomic E-state index is -0.549. The molecule has 0 atom stereocenters. The van der Waals surface area contributed by atoms with Crippen LogP contribution in [0.2, 0.25) is 0 Å². The molecule has 1 aliphatic rings.